The molecule has 47 heavy (non-hydrogen) atoms. The average molecular weight is 661 g/mol. The Labute approximate surface area is 276 Å². The third kappa shape index (κ3) is 7.47. The predicted molar refractivity (Wildman–Crippen MR) is 179 cm³/mol. The third-order valence-electron chi connectivity index (χ3n) is 9.59. The maximum Gasteiger partial charge on any atom is 0.261 e. The van der Waals surface area contributed by atoms with E-state index in [1.54, 1.807) is 30.0 Å². The van der Waals surface area contributed by atoms with Gasteiger partial charge in [-0.25, -0.2) is 13.8 Å². The highest BCUT2D eigenvalue weighted by atomic mass is 32.2. The minimum atomic E-state index is -0.587. The highest BCUT2D eigenvalue weighted by Gasteiger charge is 2.30. The Hall–Kier alpha value is -3.95. The van der Waals surface area contributed by atoms with E-state index in [2.05, 4.69) is 42.2 Å². The number of hydrogen-bond donors (Lipinski definition) is 3. The number of fused-ring (bicyclic) bond motifs is 1. The van der Waals surface area contributed by atoms with Crippen molar-refractivity contribution in [1.29, 1.82) is 0 Å². The van der Waals surface area contributed by atoms with Crippen LogP contribution in [0.4, 0.5) is 20.2 Å². The first-order valence-corrected chi connectivity index (χ1v) is 17.6. The summed E-state index contributed by atoms with van der Waals surface area (Å²) in [6.07, 6.45) is 6.82. The van der Waals surface area contributed by atoms with Crippen LogP contribution in [0.3, 0.4) is 0 Å². The highest BCUT2D eigenvalue weighted by molar-refractivity contribution is 7.99. The Balaban J connectivity index is 0.881. The summed E-state index contributed by atoms with van der Waals surface area (Å²) in [4.78, 5) is 48.1. The van der Waals surface area contributed by atoms with Gasteiger partial charge in [0.15, 0.2) is 0 Å². The summed E-state index contributed by atoms with van der Waals surface area (Å²) in [5, 5.41) is 5.79. The van der Waals surface area contributed by atoms with Crippen LogP contribution in [-0.2, 0) is 15.3 Å². The number of nitrogens with zero attached hydrogens (tertiary/aromatic N) is 3. The molecule has 3 aromatic rings. The zero-order valence-corrected chi connectivity index (χ0v) is 26.9. The van der Waals surface area contributed by atoms with Gasteiger partial charge < -0.3 is 20.1 Å². The number of likely N-dealkylation sites (tertiary alicyclic amines) is 1. The molecule has 3 aliphatic heterocycles. The first-order chi connectivity index (χ1) is 22.8. The molecule has 3 N–H and O–H groups in total. The molecule has 1 aliphatic carbocycles. The van der Waals surface area contributed by atoms with Gasteiger partial charge in [-0.3, -0.25) is 19.7 Å². The van der Waals surface area contributed by atoms with Gasteiger partial charge in [0.1, 0.15) is 28.9 Å². The summed E-state index contributed by atoms with van der Waals surface area (Å²) in [6, 6.07) is 7.93. The Bertz CT molecular complexity index is 1800. The Morgan fingerprint density at radius 1 is 0.936 bits per heavy atom. The summed E-state index contributed by atoms with van der Waals surface area (Å²) in [5.74, 6) is 6.11. The van der Waals surface area contributed by atoms with Gasteiger partial charge in [-0.05, 0) is 88.4 Å². The van der Waals surface area contributed by atoms with E-state index in [-0.39, 0.29) is 29.4 Å². The van der Waals surface area contributed by atoms with Crippen LogP contribution < -0.4 is 21.1 Å². The van der Waals surface area contributed by atoms with Gasteiger partial charge >= 0.3 is 0 Å². The van der Waals surface area contributed by atoms with Gasteiger partial charge in [0.25, 0.3) is 5.56 Å². The van der Waals surface area contributed by atoms with Crippen molar-refractivity contribution in [3.8, 4) is 11.8 Å². The van der Waals surface area contributed by atoms with Crippen LogP contribution in [-0.4, -0.2) is 70.2 Å². The van der Waals surface area contributed by atoms with Crippen LogP contribution >= 0.6 is 11.8 Å². The van der Waals surface area contributed by atoms with Crippen LogP contribution in [0.2, 0.25) is 0 Å². The predicted octanol–water partition coefficient (Wildman–Crippen LogP) is 4.55. The molecule has 0 spiro atoms. The molecule has 1 unspecified atom stereocenters. The summed E-state index contributed by atoms with van der Waals surface area (Å²) in [7, 11) is 0. The number of piperidine rings is 3. The number of amides is 2. The van der Waals surface area contributed by atoms with Crippen molar-refractivity contribution in [2.45, 2.75) is 74.5 Å². The van der Waals surface area contributed by atoms with E-state index >= 15 is 4.39 Å². The number of aromatic nitrogens is 2. The zero-order valence-electron chi connectivity index (χ0n) is 26.1. The minimum absolute atomic E-state index is 0.0170. The number of H-pyrrole nitrogens is 1. The molecule has 12 heteroatoms. The first-order valence-electron chi connectivity index (χ1n) is 16.5. The lowest BCUT2D eigenvalue weighted by atomic mass is 9.99. The van der Waals surface area contributed by atoms with Crippen LogP contribution in [0, 0.1) is 29.4 Å². The van der Waals surface area contributed by atoms with Crippen LogP contribution in [0.1, 0.15) is 62.8 Å². The molecular weight excluding hydrogens is 622 g/mol. The minimum Gasteiger partial charge on any atom is -0.374 e. The number of thioether (sulfide) groups is 1. The molecule has 1 aromatic heterocycles. The molecule has 1 atom stereocenters. The lowest BCUT2D eigenvalue weighted by molar-refractivity contribution is -0.133. The molecule has 7 rings (SSSR count). The second-order valence-corrected chi connectivity index (χ2v) is 14.3. The van der Waals surface area contributed by atoms with Gasteiger partial charge in [-0.2, -0.15) is 11.8 Å². The fourth-order valence-corrected chi connectivity index (χ4v) is 7.86. The Kier molecular flexibility index (Phi) is 9.19. The first kappa shape index (κ1) is 31.6. The number of carbonyl (C=O) groups is 2. The van der Waals surface area contributed by atoms with Crippen LogP contribution in [0.25, 0.3) is 10.9 Å². The molecule has 9 nitrogen and oxygen atoms in total. The van der Waals surface area contributed by atoms with Crippen LogP contribution in [0.5, 0.6) is 0 Å². The molecule has 1 saturated carbocycles. The highest BCUT2D eigenvalue weighted by Crippen LogP contribution is 2.32. The van der Waals surface area contributed by atoms with Gasteiger partial charge in [-0.1, -0.05) is 11.8 Å². The van der Waals surface area contributed by atoms with E-state index in [0.29, 0.717) is 57.7 Å². The standard InChI is InChI=1S/C35H38F2N6O3S/c36-26-19-23(38-28-6-8-32(44)41-34(28)45)5-7-30(26)43-13-9-24(10-14-43)42-15-11-25(12-16-42)47-20-31-39-29-18-22(4-3-21-1-2-21)17-27(37)33(29)35(46)40-31/h5,7,17-19,21,24-25,28,38H,1-2,6,8-16,20H2,(H,39,40,46)(H,41,44,45). The molecule has 4 aliphatic rings. The summed E-state index contributed by atoms with van der Waals surface area (Å²) in [5.41, 5.74) is 1.55. The number of halogens is 2. The Morgan fingerprint density at radius 2 is 1.72 bits per heavy atom. The number of rotatable bonds is 7. The van der Waals surface area contributed by atoms with Crippen molar-refractivity contribution < 1.29 is 18.4 Å². The monoisotopic (exact) mass is 660 g/mol. The van der Waals surface area contributed by atoms with Gasteiger partial charge in [0, 0.05) is 48.0 Å². The number of hydrogen-bond acceptors (Lipinski definition) is 8. The molecule has 0 bridgehead atoms. The molecule has 2 amide bonds. The van der Waals surface area contributed by atoms with Crippen molar-refractivity contribution in [1.82, 2.24) is 20.2 Å². The molecule has 3 saturated heterocycles. The molecule has 4 fully saturated rings. The van der Waals surface area contributed by atoms with Crippen molar-refractivity contribution in [3.05, 3.63) is 63.7 Å². The van der Waals surface area contributed by atoms with Gasteiger partial charge in [0.05, 0.1) is 17.0 Å². The van der Waals surface area contributed by atoms with Crippen molar-refractivity contribution in [2.24, 2.45) is 5.92 Å². The van der Waals surface area contributed by atoms with Crippen molar-refractivity contribution in [3.63, 3.8) is 0 Å². The fourth-order valence-electron chi connectivity index (χ4n) is 6.79. The van der Waals surface area contributed by atoms with Gasteiger partial charge in [0.2, 0.25) is 11.8 Å². The van der Waals surface area contributed by atoms with E-state index in [1.807, 2.05) is 0 Å². The van der Waals surface area contributed by atoms with Crippen molar-refractivity contribution >= 4 is 45.9 Å². The average Bonchev–Trinajstić information content (AvgIpc) is 3.89. The number of anilines is 2. The SMILES string of the molecule is O=C1CCC(Nc2ccc(N3CCC(N4CCC(SCc5nc6cc(C#CC7CC7)cc(F)c6c(=O)[nH]5)CC4)CC3)c(F)c2)C(=O)N1. The molecular formula is C35H38F2N6O3S. The number of imide groups is 1. The number of benzene rings is 2. The van der Waals surface area contributed by atoms with Crippen LogP contribution in [0.15, 0.2) is 35.1 Å². The third-order valence-corrected chi connectivity index (χ3v) is 11.0. The normalized spacial score (nSPS) is 21.4. The number of nitrogens with one attached hydrogen (secondary N) is 3. The lowest BCUT2D eigenvalue weighted by Crippen LogP contribution is -2.48. The summed E-state index contributed by atoms with van der Waals surface area (Å²) >= 11 is 1.79. The van der Waals surface area contributed by atoms with E-state index in [9.17, 15) is 18.8 Å². The lowest BCUT2D eigenvalue weighted by Gasteiger charge is -2.42. The Morgan fingerprint density at radius 3 is 2.45 bits per heavy atom. The number of aromatic amines is 1. The van der Waals surface area contributed by atoms with E-state index in [1.165, 1.54) is 12.1 Å². The topological polar surface area (TPSA) is 110 Å². The largest absolute Gasteiger partial charge is 0.374 e. The van der Waals surface area contributed by atoms with E-state index in [0.717, 1.165) is 64.7 Å². The molecule has 2 aromatic carbocycles. The second-order valence-electron chi connectivity index (χ2n) is 13.0. The second kappa shape index (κ2) is 13.6. The number of carbonyl (C=O) groups excluding carboxylic acids is 2. The van der Waals surface area contributed by atoms with Gasteiger partial charge in [-0.15, -0.1) is 0 Å². The zero-order chi connectivity index (χ0) is 32.5. The smallest absolute Gasteiger partial charge is 0.261 e. The quantitative estimate of drug-likeness (QED) is 0.250. The molecule has 4 heterocycles. The summed E-state index contributed by atoms with van der Waals surface area (Å²) in [6.45, 7) is 3.53. The molecule has 0 radical (unpaired) electrons. The van der Waals surface area contributed by atoms with Crippen molar-refractivity contribution in [2.75, 3.05) is 36.4 Å². The van der Waals surface area contributed by atoms with E-state index in [4.69, 9.17) is 0 Å². The van der Waals surface area contributed by atoms with E-state index < -0.39 is 17.4 Å². The maximum absolute atomic E-state index is 15.1. The molecule has 246 valence electrons. The maximum atomic E-state index is 15.1. The summed E-state index contributed by atoms with van der Waals surface area (Å²) < 4.78 is 29.8. The fraction of sp³-hybridized carbons (Fsp3) is 0.486.